The standard InChI is InChI=1S/C28H25FIN7O/c1-2-7-21-17-35-26-24(27(38)37(30)28(35)32-21)25(31-20-8-4-3-5-9-20)36(34-26)16-18-12-14-19(15-13-18)22-10-6-11-23(29)33-22/h3-6,8-15,21,31H,2,7,16-17H2,1H3. The van der Waals surface area contributed by atoms with E-state index in [2.05, 4.69) is 22.1 Å². The number of para-hydroxylation sites is 1. The van der Waals surface area contributed by atoms with Crippen LogP contribution in [0.15, 0.2) is 77.8 Å². The van der Waals surface area contributed by atoms with Crippen LogP contribution in [-0.4, -0.2) is 42.3 Å². The molecule has 2 aliphatic rings. The Labute approximate surface area is 233 Å². The number of carbonyl (C=O) groups is 1. The van der Waals surface area contributed by atoms with Gasteiger partial charge in [0.05, 0.1) is 47.7 Å². The lowest BCUT2D eigenvalue weighted by molar-refractivity contribution is 0.0928. The fraction of sp³-hybridized carbons (Fsp3) is 0.214. The van der Waals surface area contributed by atoms with Crippen molar-refractivity contribution in [1.82, 2.24) is 17.9 Å². The number of halogens is 2. The highest BCUT2D eigenvalue weighted by atomic mass is 127. The lowest BCUT2D eigenvalue weighted by Gasteiger charge is -2.29. The summed E-state index contributed by atoms with van der Waals surface area (Å²) in [4.78, 5) is 24.5. The molecule has 1 atom stereocenters. The first-order valence-corrected chi connectivity index (χ1v) is 13.5. The summed E-state index contributed by atoms with van der Waals surface area (Å²) in [5.74, 6) is 1.24. The van der Waals surface area contributed by atoms with Gasteiger partial charge < -0.3 is 5.32 Å². The molecule has 0 radical (unpaired) electrons. The van der Waals surface area contributed by atoms with Gasteiger partial charge in [-0.15, -0.1) is 0 Å². The van der Waals surface area contributed by atoms with Gasteiger partial charge in [0.2, 0.25) is 11.9 Å². The third-order valence-corrected chi connectivity index (χ3v) is 7.52. The van der Waals surface area contributed by atoms with Crippen LogP contribution >= 0.6 is 22.9 Å². The first-order valence-electron chi connectivity index (χ1n) is 12.5. The fourth-order valence-electron chi connectivity index (χ4n) is 4.84. The predicted octanol–water partition coefficient (Wildman–Crippen LogP) is 6.03. The molecule has 0 bridgehead atoms. The number of anilines is 3. The number of fused-ring (bicyclic) bond motifs is 3. The molecule has 1 unspecified atom stereocenters. The number of nitrogens with zero attached hydrogens (tertiary/aromatic N) is 6. The normalized spacial score (nSPS) is 16.3. The molecule has 0 spiro atoms. The van der Waals surface area contributed by atoms with Crippen molar-refractivity contribution >= 4 is 52.1 Å². The number of aromatic nitrogens is 3. The van der Waals surface area contributed by atoms with E-state index in [1.165, 1.54) is 6.07 Å². The second kappa shape index (κ2) is 10.2. The maximum atomic E-state index is 13.6. The van der Waals surface area contributed by atoms with Crippen LogP contribution in [0.25, 0.3) is 11.3 Å². The van der Waals surface area contributed by atoms with Gasteiger partial charge in [0, 0.05) is 11.3 Å². The number of pyridine rings is 1. The minimum atomic E-state index is -0.509. The minimum Gasteiger partial charge on any atom is -0.340 e. The van der Waals surface area contributed by atoms with Gasteiger partial charge in [0.25, 0.3) is 5.91 Å². The number of nitrogens with one attached hydrogen (secondary N) is 1. The van der Waals surface area contributed by atoms with E-state index in [-0.39, 0.29) is 11.9 Å². The summed E-state index contributed by atoms with van der Waals surface area (Å²) < 4.78 is 17.0. The Bertz CT molecular complexity index is 1520. The Balaban J connectivity index is 1.38. The predicted molar refractivity (Wildman–Crippen MR) is 154 cm³/mol. The molecular weight excluding hydrogens is 596 g/mol. The van der Waals surface area contributed by atoms with Gasteiger partial charge in [-0.25, -0.2) is 17.8 Å². The second-order valence-electron chi connectivity index (χ2n) is 9.31. The van der Waals surface area contributed by atoms with E-state index >= 15 is 0 Å². The van der Waals surface area contributed by atoms with Crippen molar-refractivity contribution in [2.45, 2.75) is 32.4 Å². The Morgan fingerprint density at radius 2 is 1.84 bits per heavy atom. The summed E-state index contributed by atoms with van der Waals surface area (Å²) in [5, 5.41) is 8.39. The van der Waals surface area contributed by atoms with Gasteiger partial charge >= 0.3 is 0 Å². The zero-order valence-electron chi connectivity index (χ0n) is 20.7. The summed E-state index contributed by atoms with van der Waals surface area (Å²) in [6.45, 7) is 3.27. The maximum Gasteiger partial charge on any atom is 0.277 e. The van der Waals surface area contributed by atoms with Crippen LogP contribution in [-0.2, 0) is 6.54 Å². The van der Waals surface area contributed by atoms with Gasteiger partial charge in [-0.1, -0.05) is 61.9 Å². The summed E-state index contributed by atoms with van der Waals surface area (Å²) in [6.07, 6.45) is 1.98. The van der Waals surface area contributed by atoms with Crippen molar-refractivity contribution in [1.29, 1.82) is 0 Å². The van der Waals surface area contributed by atoms with Crippen LogP contribution in [0.4, 0.5) is 21.7 Å². The van der Waals surface area contributed by atoms with Crippen molar-refractivity contribution in [3.8, 4) is 11.3 Å². The molecule has 0 fully saturated rings. The van der Waals surface area contributed by atoms with E-state index in [1.54, 1.807) is 15.2 Å². The smallest absolute Gasteiger partial charge is 0.277 e. The summed E-state index contributed by atoms with van der Waals surface area (Å²) in [6, 6.07) is 22.4. The average molecular weight is 621 g/mol. The van der Waals surface area contributed by atoms with Crippen molar-refractivity contribution in [2.75, 3.05) is 16.8 Å². The van der Waals surface area contributed by atoms with Crippen LogP contribution in [0.2, 0.25) is 0 Å². The van der Waals surface area contributed by atoms with E-state index in [9.17, 15) is 9.18 Å². The number of rotatable bonds is 7. The Morgan fingerprint density at radius 3 is 2.58 bits per heavy atom. The van der Waals surface area contributed by atoms with E-state index in [1.807, 2.05) is 82.1 Å². The Hall–Kier alpha value is -3.80. The molecule has 8 nitrogen and oxygen atoms in total. The first kappa shape index (κ1) is 24.5. The summed E-state index contributed by atoms with van der Waals surface area (Å²) in [5.41, 5.74) is 3.78. The number of hydrogen-bond donors (Lipinski definition) is 1. The molecule has 4 heterocycles. The molecule has 4 aromatic rings. The molecule has 0 saturated carbocycles. The Morgan fingerprint density at radius 1 is 1.05 bits per heavy atom. The lowest BCUT2D eigenvalue weighted by Crippen LogP contribution is -2.45. The fourth-order valence-corrected chi connectivity index (χ4v) is 5.47. The molecule has 192 valence electrons. The molecule has 0 aliphatic carbocycles. The molecule has 2 aliphatic heterocycles. The largest absolute Gasteiger partial charge is 0.340 e. The van der Waals surface area contributed by atoms with Crippen molar-refractivity contribution in [2.24, 2.45) is 4.99 Å². The Kier molecular flexibility index (Phi) is 6.56. The molecule has 1 amide bonds. The SMILES string of the molecule is CCCC1CN2C(=N1)N(I)C(=O)c1c2nn(Cc2ccc(-c3cccc(F)n3)cc2)c1Nc1ccccc1. The van der Waals surface area contributed by atoms with E-state index in [0.717, 1.165) is 29.7 Å². The van der Waals surface area contributed by atoms with E-state index in [0.29, 0.717) is 41.9 Å². The molecule has 1 N–H and O–H groups in total. The monoisotopic (exact) mass is 621 g/mol. The molecule has 10 heteroatoms. The van der Waals surface area contributed by atoms with Crippen LogP contribution in [0.3, 0.4) is 0 Å². The quantitative estimate of drug-likeness (QED) is 0.155. The third-order valence-electron chi connectivity index (χ3n) is 6.65. The van der Waals surface area contributed by atoms with Crippen molar-refractivity contribution < 1.29 is 9.18 Å². The van der Waals surface area contributed by atoms with Crippen molar-refractivity contribution in [3.63, 3.8) is 0 Å². The first-order chi connectivity index (χ1) is 18.5. The average Bonchev–Trinajstić information content (AvgIpc) is 3.50. The zero-order valence-corrected chi connectivity index (χ0v) is 22.8. The van der Waals surface area contributed by atoms with Gasteiger partial charge in [-0.3, -0.25) is 9.69 Å². The molecule has 38 heavy (non-hydrogen) atoms. The van der Waals surface area contributed by atoms with Gasteiger partial charge in [-0.2, -0.15) is 9.49 Å². The van der Waals surface area contributed by atoms with Gasteiger partial charge in [0.1, 0.15) is 11.4 Å². The molecular formula is C28H25FIN7O. The molecule has 2 aromatic heterocycles. The highest BCUT2D eigenvalue weighted by molar-refractivity contribution is 14.1. The number of aliphatic imine (C=N–C) groups is 1. The van der Waals surface area contributed by atoms with E-state index < -0.39 is 5.95 Å². The van der Waals surface area contributed by atoms with Crippen LogP contribution < -0.4 is 10.2 Å². The number of hydrogen-bond acceptors (Lipinski definition) is 6. The topological polar surface area (TPSA) is 78.7 Å². The highest BCUT2D eigenvalue weighted by Gasteiger charge is 2.43. The lowest BCUT2D eigenvalue weighted by atomic mass is 10.1. The van der Waals surface area contributed by atoms with Crippen molar-refractivity contribution in [3.05, 3.63) is 89.9 Å². The maximum absolute atomic E-state index is 13.6. The number of benzene rings is 2. The van der Waals surface area contributed by atoms with Crippen LogP contribution in [0.5, 0.6) is 0 Å². The second-order valence-corrected chi connectivity index (χ2v) is 10.3. The van der Waals surface area contributed by atoms with E-state index in [4.69, 9.17) is 10.1 Å². The molecule has 0 saturated heterocycles. The van der Waals surface area contributed by atoms with Crippen LogP contribution in [0.1, 0.15) is 35.7 Å². The third kappa shape index (κ3) is 4.53. The summed E-state index contributed by atoms with van der Waals surface area (Å²) >= 11 is 2.04. The number of amides is 1. The van der Waals surface area contributed by atoms with Gasteiger partial charge in [0.15, 0.2) is 5.82 Å². The zero-order chi connectivity index (χ0) is 26.2. The number of guanidine groups is 1. The van der Waals surface area contributed by atoms with Crippen LogP contribution in [0, 0.1) is 5.95 Å². The summed E-state index contributed by atoms with van der Waals surface area (Å²) in [7, 11) is 0. The van der Waals surface area contributed by atoms with Gasteiger partial charge in [-0.05, 0) is 36.2 Å². The number of carbonyl (C=O) groups excluding carboxylic acids is 1. The highest BCUT2D eigenvalue weighted by Crippen LogP contribution is 2.39. The molecule has 2 aromatic carbocycles. The minimum absolute atomic E-state index is 0.130. The molecule has 6 rings (SSSR count).